The monoisotopic (exact) mass is 280 g/mol. The summed E-state index contributed by atoms with van der Waals surface area (Å²) in [5, 5.41) is 3.43. The van der Waals surface area contributed by atoms with Crippen LogP contribution in [0.5, 0.6) is 5.75 Å². The van der Waals surface area contributed by atoms with Crippen LogP contribution in [0.2, 0.25) is 0 Å². The second-order valence-electron chi connectivity index (χ2n) is 5.28. The average molecular weight is 280 g/mol. The fourth-order valence-electron chi connectivity index (χ4n) is 2.63. The lowest BCUT2D eigenvalue weighted by Crippen LogP contribution is -2.32. The Bertz CT molecular complexity index is 421. The van der Waals surface area contributed by atoms with Gasteiger partial charge in [0.05, 0.1) is 0 Å². The summed E-state index contributed by atoms with van der Waals surface area (Å²) in [5.74, 6) is 0.654. The molecule has 1 heterocycles. The van der Waals surface area contributed by atoms with Crippen LogP contribution >= 0.6 is 0 Å². The van der Waals surface area contributed by atoms with Crippen molar-refractivity contribution in [3.8, 4) is 5.75 Å². The van der Waals surface area contributed by atoms with E-state index in [2.05, 4.69) is 24.1 Å². The highest BCUT2D eigenvalue weighted by atomic mass is 19.1. The lowest BCUT2D eigenvalue weighted by molar-refractivity contribution is 0.225. The third kappa shape index (κ3) is 4.18. The van der Waals surface area contributed by atoms with Gasteiger partial charge in [-0.3, -0.25) is 0 Å². The van der Waals surface area contributed by atoms with Gasteiger partial charge in [0.2, 0.25) is 0 Å². The topological polar surface area (TPSA) is 24.5 Å². The molecule has 1 aliphatic rings. The van der Waals surface area contributed by atoms with E-state index >= 15 is 0 Å². The van der Waals surface area contributed by atoms with E-state index in [4.69, 9.17) is 4.74 Å². The molecule has 0 aromatic heterocycles. The van der Waals surface area contributed by atoms with E-state index in [9.17, 15) is 4.39 Å². The van der Waals surface area contributed by atoms with Crippen LogP contribution in [0.1, 0.15) is 25.8 Å². The third-order valence-corrected chi connectivity index (χ3v) is 3.86. The van der Waals surface area contributed by atoms with Crippen LogP contribution in [0.25, 0.3) is 0 Å². The smallest absolute Gasteiger partial charge is 0.123 e. The summed E-state index contributed by atoms with van der Waals surface area (Å²) in [7, 11) is 0. The number of nitrogens with zero attached hydrogens (tertiary/aromatic N) is 1. The highest BCUT2D eigenvalue weighted by Gasteiger charge is 2.22. The molecule has 20 heavy (non-hydrogen) atoms. The molecular weight excluding hydrogens is 255 g/mol. The van der Waals surface area contributed by atoms with Gasteiger partial charge in [-0.2, -0.15) is 0 Å². The molecule has 0 saturated heterocycles. The normalized spacial score (nSPS) is 17.3. The van der Waals surface area contributed by atoms with Crippen molar-refractivity contribution >= 4 is 0 Å². The summed E-state index contributed by atoms with van der Waals surface area (Å²) >= 11 is 0. The van der Waals surface area contributed by atoms with E-state index in [1.807, 2.05) is 0 Å². The number of benzene rings is 1. The quantitative estimate of drug-likeness (QED) is 0.740. The summed E-state index contributed by atoms with van der Waals surface area (Å²) < 4.78 is 18.9. The van der Waals surface area contributed by atoms with Gasteiger partial charge in [0, 0.05) is 18.5 Å². The first-order valence-corrected chi connectivity index (χ1v) is 7.61. The summed E-state index contributed by atoms with van der Waals surface area (Å²) in [6.07, 6.45) is 2.09. The molecule has 4 heteroatoms. The van der Waals surface area contributed by atoms with Crippen LogP contribution in [-0.4, -0.2) is 43.7 Å². The molecule has 0 spiro atoms. The zero-order valence-electron chi connectivity index (χ0n) is 12.5. The minimum Gasteiger partial charge on any atom is -0.488 e. The Kier molecular flexibility index (Phi) is 5.80. The van der Waals surface area contributed by atoms with E-state index in [-0.39, 0.29) is 11.9 Å². The maximum absolute atomic E-state index is 13.1. The maximum atomic E-state index is 13.1. The molecular formula is C16H25FN2O. The van der Waals surface area contributed by atoms with Gasteiger partial charge < -0.3 is 15.0 Å². The minimum atomic E-state index is -0.180. The first-order valence-electron chi connectivity index (χ1n) is 7.61. The van der Waals surface area contributed by atoms with Crippen molar-refractivity contribution in [3.05, 3.63) is 29.6 Å². The highest BCUT2D eigenvalue weighted by molar-refractivity contribution is 5.37. The SMILES string of the molecule is CCN(CC)CCCNCC1Cc2cc(F)ccc2O1. The van der Waals surface area contributed by atoms with Crippen LogP contribution in [0.15, 0.2) is 18.2 Å². The molecule has 1 aliphatic heterocycles. The second kappa shape index (κ2) is 7.60. The zero-order valence-corrected chi connectivity index (χ0v) is 12.5. The van der Waals surface area contributed by atoms with Crippen molar-refractivity contribution < 1.29 is 9.13 Å². The average Bonchev–Trinajstić information content (AvgIpc) is 2.84. The van der Waals surface area contributed by atoms with Crippen molar-refractivity contribution in [2.75, 3.05) is 32.7 Å². The van der Waals surface area contributed by atoms with Gasteiger partial charge in [0.25, 0.3) is 0 Å². The first kappa shape index (κ1) is 15.3. The molecule has 3 nitrogen and oxygen atoms in total. The van der Waals surface area contributed by atoms with Gasteiger partial charge in [-0.05, 0) is 50.8 Å². The van der Waals surface area contributed by atoms with Crippen molar-refractivity contribution in [2.24, 2.45) is 0 Å². The van der Waals surface area contributed by atoms with E-state index in [0.29, 0.717) is 0 Å². The van der Waals surface area contributed by atoms with Gasteiger partial charge in [-0.1, -0.05) is 13.8 Å². The maximum Gasteiger partial charge on any atom is 0.123 e. The van der Waals surface area contributed by atoms with Gasteiger partial charge in [0.15, 0.2) is 0 Å². The molecule has 1 aromatic carbocycles. The summed E-state index contributed by atoms with van der Waals surface area (Å²) in [5.41, 5.74) is 0.986. The number of hydrogen-bond donors (Lipinski definition) is 1. The first-order chi connectivity index (χ1) is 9.72. The molecule has 0 amide bonds. The molecule has 0 bridgehead atoms. The third-order valence-electron chi connectivity index (χ3n) is 3.86. The molecule has 1 aromatic rings. The largest absolute Gasteiger partial charge is 0.488 e. The Morgan fingerprint density at radius 2 is 2.15 bits per heavy atom. The number of nitrogens with one attached hydrogen (secondary N) is 1. The van der Waals surface area contributed by atoms with Crippen molar-refractivity contribution in [3.63, 3.8) is 0 Å². The Morgan fingerprint density at radius 1 is 1.35 bits per heavy atom. The molecule has 1 N–H and O–H groups in total. The Balaban J connectivity index is 1.63. The van der Waals surface area contributed by atoms with Crippen LogP contribution < -0.4 is 10.1 Å². The summed E-state index contributed by atoms with van der Waals surface area (Å²) in [6.45, 7) is 9.58. The fourth-order valence-corrected chi connectivity index (χ4v) is 2.63. The predicted molar refractivity (Wildman–Crippen MR) is 79.8 cm³/mol. The second-order valence-corrected chi connectivity index (χ2v) is 5.28. The Hall–Kier alpha value is -1.13. The fraction of sp³-hybridized carbons (Fsp3) is 0.625. The van der Waals surface area contributed by atoms with Gasteiger partial charge >= 0.3 is 0 Å². The summed E-state index contributed by atoms with van der Waals surface area (Å²) in [4.78, 5) is 2.42. The molecule has 0 aliphatic carbocycles. The molecule has 0 fully saturated rings. The standard InChI is InChI=1S/C16H25FN2O/c1-3-19(4-2)9-5-8-18-12-15-11-13-10-14(17)6-7-16(13)20-15/h6-7,10,15,18H,3-5,8-9,11-12H2,1-2H3. The van der Waals surface area contributed by atoms with E-state index < -0.39 is 0 Å². The number of ether oxygens (including phenoxy) is 1. The van der Waals surface area contributed by atoms with Gasteiger partial charge in [-0.25, -0.2) is 4.39 Å². The summed E-state index contributed by atoms with van der Waals surface area (Å²) in [6, 6.07) is 4.76. The molecule has 112 valence electrons. The van der Waals surface area contributed by atoms with E-state index in [0.717, 1.165) is 56.9 Å². The number of rotatable bonds is 8. The van der Waals surface area contributed by atoms with Crippen LogP contribution in [0.3, 0.4) is 0 Å². The lowest BCUT2D eigenvalue weighted by Gasteiger charge is -2.18. The lowest BCUT2D eigenvalue weighted by atomic mass is 10.1. The van der Waals surface area contributed by atoms with Gasteiger partial charge in [0.1, 0.15) is 17.7 Å². The van der Waals surface area contributed by atoms with Crippen LogP contribution in [-0.2, 0) is 6.42 Å². The Morgan fingerprint density at radius 3 is 2.90 bits per heavy atom. The number of hydrogen-bond acceptors (Lipinski definition) is 3. The van der Waals surface area contributed by atoms with Crippen LogP contribution in [0.4, 0.5) is 4.39 Å². The molecule has 2 rings (SSSR count). The molecule has 1 unspecified atom stereocenters. The van der Waals surface area contributed by atoms with Crippen LogP contribution in [0, 0.1) is 5.82 Å². The van der Waals surface area contributed by atoms with Crippen molar-refractivity contribution in [1.29, 1.82) is 0 Å². The zero-order chi connectivity index (χ0) is 14.4. The minimum absolute atomic E-state index is 0.139. The molecule has 0 saturated carbocycles. The number of fused-ring (bicyclic) bond motifs is 1. The van der Waals surface area contributed by atoms with E-state index in [1.165, 1.54) is 6.07 Å². The molecule has 1 atom stereocenters. The van der Waals surface area contributed by atoms with E-state index in [1.54, 1.807) is 12.1 Å². The Labute approximate surface area is 121 Å². The van der Waals surface area contributed by atoms with Gasteiger partial charge in [-0.15, -0.1) is 0 Å². The molecule has 0 radical (unpaired) electrons. The highest BCUT2D eigenvalue weighted by Crippen LogP contribution is 2.28. The van der Waals surface area contributed by atoms with Crippen molar-refractivity contribution in [2.45, 2.75) is 32.8 Å². The van der Waals surface area contributed by atoms with Crippen molar-refractivity contribution in [1.82, 2.24) is 10.2 Å². The number of halogens is 1. The predicted octanol–water partition coefficient (Wildman–Crippen LogP) is 2.45.